The minimum absolute atomic E-state index is 0.251. The summed E-state index contributed by atoms with van der Waals surface area (Å²) in [5.74, 6) is 2.42. The Kier molecular flexibility index (Phi) is 3.36. The highest BCUT2D eigenvalue weighted by atomic mass is 32.1. The molecule has 1 saturated heterocycles. The average molecular weight is 225 g/mol. The molecule has 1 amide bonds. The van der Waals surface area contributed by atoms with Crippen LogP contribution >= 0.6 is 12.6 Å². The van der Waals surface area contributed by atoms with Gasteiger partial charge in [-0.15, -0.1) is 0 Å². The summed E-state index contributed by atoms with van der Waals surface area (Å²) in [6.07, 6.45) is 3.12. The van der Waals surface area contributed by atoms with E-state index >= 15 is 0 Å². The molecule has 2 heterocycles. The van der Waals surface area contributed by atoms with Crippen LogP contribution in [-0.4, -0.2) is 29.6 Å². The number of thiol groups is 1. The van der Waals surface area contributed by atoms with Crippen molar-refractivity contribution in [3.8, 4) is 0 Å². The third-order valence-electron chi connectivity index (χ3n) is 2.76. The van der Waals surface area contributed by atoms with Crippen molar-refractivity contribution in [2.75, 3.05) is 18.8 Å². The van der Waals surface area contributed by atoms with E-state index < -0.39 is 0 Å². The predicted molar refractivity (Wildman–Crippen MR) is 61.0 cm³/mol. The van der Waals surface area contributed by atoms with Crippen LogP contribution in [-0.2, 0) is 11.2 Å². The zero-order chi connectivity index (χ0) is 10.7. The molecule has 2 rings (SSSR count). The van der Waals surface area contributed by atoms with E-state index in [4.69, 9.17) is 4.42 Å². The van der Waals surface area contributed by atoms with E-state index in [1.54, 1.807) is 6.26 Å². The fourth-order valence-corrected chi connectivity index (χ4v) is 2.14. The number of rotatable bonds is 4. The van der Waals surface area contributed by atoms with Gasteiger partial charge in [-0.1, -0.05) is 0 Å². The zero-order valence-corrected chi connectivity index (χ0v) is 9.45. The second-order valence-electron chi connectivity index (χ2n) is 3.92. The fraction of sp³-hybridized carbons (Fsp3) is 0.545. The lowest BCUT2D eigenvalue weighted by molar-refractivity contribution is -0.127. The van der Waals surface area contributed by atoms with Crippen LogP contribution in [0.25, 0.3) is 0 Å². The molecule has 82 valence electrons. The van der Waals surface area contributed by atoms with Gasteiger partial charge in [0, 0.05) is 25.9 Å². The second kappa shape index (κ2) is 4.75. The second-order valence-corrected chi connectivity index (χ2v) is 4.29. The first-order valence-corrected chi connectivity index (χ1v) is 5.84. The number of carbonyl (C=O) groups excluding carboxylic acids is 1. The molecule has 1 atom stereocenters. The van der Waals surface area contributed by atoms with Crippen LogP contribution in [0.5, 0.6) is 0 Å². The largest absolute Gasteiger partial charge is 0.469 e. The molecule has 0 saturated carbocycles. The molecule has 4 heteroatoms. The van der Waals surface area contributed by atoms with Gasteiger partial charge in [0.2, 0.25) is 5.91 Å². The minimum Gasteiger partial charge on any atom is -0.469 e. The molecule has 0 bridgehead atoms. The highest BCUT2D eigenvalue weighted by Crippen LogP contribution is 2.19. The summed E-state index contributed by atoms with van der Waals surface area (Å²) in [6, 6.07) is 3.81. The van der Waals surface area contributed by atoms with Crippen LogP contribution in [0.4, 0.5) is 0 Å². The Balaban J connectivity index is 1.83. The van der Waals surface area contributed by atoms with Gasteiger partial charge in [0.15, 0.2) is 0 Å². The maximum Gasteiger partial charge on any atom is 0.222 e. The van der Waals surface area contributed by atoms with E-state index in [-0.39, 0.29) is 5.91 Å². The van der Waals surface area contributed by atoms with Crippen molar-refractivity contribution < 1.29 is 9.21 Å². The van der Waals surface area contributed by atoms with Crippen molar-refractivity contribution in [1.29, 1.82) is 0 Å². The minimum atomic E-state index is 0.251. The van der Waals surface area contributed by atoms with Crippen molar-refractivity contribution in [2.45, 2.75) is 12.8 Å². The van der Waals surface area contributed by atoms with Gasteiger partial charge in [0.1, 0.15) is 5.76 Å². The van der Waals surface area contributed by atoms with E-state index in [0.717, 1.165) is 31.0 Å². The summed E-state index contributed by atoms with van der Waals surface area (Å²) >= 11 is 4.23. The molecule has 0 aliphatic carbocycles. The van der Waals surface area contributed by atoms with Crippen LogP contribution < -0.4 is 0 Å². The molecule has 3 nitrogen and oxygen atoms in total. The Labute approximate surface area is 94.9 Å². The van der Waals surface area contributed by atoms with Crippen LogP contribution in [0.3, 0.4) is 0 Å². The number of likely N-dealkylation sites (tertiary alicyclic amines) is 1. The molecule has 0 N–H and O–H groups in total. The number of nitrogens with zero attached hydrogens (tertiary/aromatic N) is 1. The SMILES string of the molecule is O=C1CC(CS)CN1CCc1ccco1. The van der Waals surface area contributed by atoms with Crippen molar-refractivity contribution in [2.24, 2.45) is 5.92 Å². The first-order valence-electron chi connectivity index (χ1n) is 5.20. The quantitative estimate of drug-likeness (QED) is 0.790. The topological polar surface area (TPSA) is 33.5 Å². The van der Waals surface area contributed by atoms with Crippen LogP contribution in [0.15, 0.2) is 22.8 Å². The molecule has 0 spiro atoms. The monoisotopic (exact) mass is 225 g/mol. The maximum atomic E-state index is 11.6. The van der Waals surface area contributed by atoms with E-state index in [2.05, 4.69) is 12.6 Å². The molecule has 1 aromatic rings. The number of carbonyl (C=O) groups is 1. The average Bonchev–Trinajstić information content (AvgIpc) is 2.84. The molecule has 1 aromatic heterocycles. The Hall–Kier alpha value is -0.900. The highest BCUT2D eigenvalue weighted by Gasteiger charge is 2.28. The standard InChI is InChI=1S/C11H15NO2S/c13-11-6-9(8-15)7-12(11)4-3-10-2-1-5-14-10/h1-2,5,9,15H,3-4,6-8H2. The van der Waals surface area contributed by atoms with Gasteiger partial charge in [0.05, 0.1) is 6.26 Å². The van der Waals surface area contributed by atoms with Crippen molar-refractivity contribution in [3.05, 3.63) is 24.2 Å². The van der Waals surface area contributed by atoms with Crippen molar-refractivity contribution in [1.82, 2.24) is 4.90 Å². The van der Waals surface area contributed by atoms with Gasteiger partial charge in [-0.25, -0.2) is 0 Å². The molecule has 1 aliphatic rings. The van der Waals surface area contributed by atoms with Crippen LogP contribution in [0, 0.1) is 5.92 Å². The lowest BCUT2D eigenvalue weighted by Gasteiger charge is -2.15. The van der Waals surface area contributed by atoms with E-state index in [0.29, 0.717) is 12.3 Å². The summed E-state index contributed by atoms with van der Waals surface area (Å²) in [6.45, 7) is 1.61. The lowest BCUT2D eigenvalue weighted by Crippen LogP contribution is -2.27. The summed E-state index contributed by atoms with van der Waals surface area (Å²) < 4.78 is 5.23. The first-order chi connectivity index (χ1) is 7.29. The van der Waals surface area contributed by atoms with Crippen molar-refractivity contribution >= 4 is 18.5 Å². The molecule has 1 aliphatic heterocycles. The predicted octanol–water partition coefficient (Wildman–Crippen LogP) is 1.60. The Bertz CT molecular complexity index is 323. The highest BCUT2D eigenvalue weighted by molar-refractivity contribution is 7.80. The molecule has 0 radical (unpaired) electrons. The molecule has 1 fully saturated rings. The molecular weight excluding hydrogens is 210 g/mol. The first kappa shape index (κ1) is 10.6. The smallest absolute Gasteiger partial charge is 0.222 e. The molecule has 0 aromatic carbocycles. The Morgan fingerprint density at radius 1 is 1.60 bits per heavy atom. The van der Waals surface area contributed by atoms with E-state index in [1.807, 2.05) is 17.0 Å². The third-order valence-corrected chi connectivity index (χ3v) is 3.28. The Morgan fingerprint density at radius 2 is 2.47 bits per heavy atom. The maximum absolute atomic E-state index is 11.6. The summed E-state index contributed by atoms with van der Waals surface area (Å²) in [4.78, 5) is 13.5. The lowest BCUT2D eigenvalue weighted by atomic mass is 10.1. The van der Waals surface area contributed by atoms with Crippen LogP contribution in [0.1, 0.15) is 12.2 Å². The van der Waals surface area contributed by atoms with Gasteiger partial charge in [0.25, 0.3) is 0 Å². The van der Waals surface area contributed by atoms with E-state index in [9.17, 15) is 4.79 Å². The van der Waals surface area contributed by atoms with Gasteiger partial charge < -0.3 is 9.32 Å². The third kappa shape index (κ3) is 2.56. The number of furan rings is 1. The molecule has 1 unspecified atom stereocenters. The van der Waals surface area contributed by atoms with E-state index in [1.165, 1.54) is 0 Å². The molecular formula is C11H15NO2S. The summed E-state index contributed by atoms with van der Waals surface area (Å²) in [7, 11) is 0. The number of hydrogen-bond donors (Lipinski definition) is 1. The normalized spacial score (nSPS) is 21.3. The van der Waals surface area contributed by atoms with Gasteiger partial charge in [-0.3, -0.25) is 4.79 Å². The van der Waals surface area contributed by atoms with Crippen LogP contribution in [0.2, 0.25) is 0 Å². The fourth-order valence-electron chi connectivity index (χ4n) is 1.89. The van der Waals surface area contributed by atoms with Gasteiger partial charge in [-0.05, 0) is 23.8 Å². The van der Waals surface area contributed by atoms with Gasteiger partial charge >= 0.3 is 0 Å². The van der Waals surface area contributed by atoms with Crippen molar-refractivity contribution in [3.63, 3.8) is 0 Å². The number of amides is 1. The van der Waals surface area contributed by atoms with Gasteiger partial charge in [-0.2, -0.15) is 12.6 Å². The molecule has 15 heavy (non-hydrogen) atoms. The Morgan fingerprint density at radius 3 is 3.07 bits per heavy atom. The summed E-state index contributed by atoms with van der Waals surface area (Å²) in [5, 5.41) is 0. The number of hydrogen-bond acceptors (Lipinski definition) is 3. The summed E-state index contributed by atoms with van der Waals surface area (Å²) in [5.41, 5.74) is 0. The zero-order valence-electron chi connectivity index (χ0n) is 8.56.